The maximum absolute atomic E-state index is 11.6. The summed E-state index contributed by atoms with van der Waals surface area (Å²) in [4.78, 5) is 48.5. The van der Waals surface area contributed by atoms with Gasteiger partial charge in [-0.1, -0.05) is 12.1 Å². The summed E-state index contributed by atoms with van der Waals surface area (Å²) in [7, 11) is 2.60. The van der Waals surface area contributed by atoms with Gasteiger partial charge in [0.1, 0.15) is 5.69 Å². The third-order valence-electron chi connectivity index (χ3n) is 3.35. The topological polar surface area (TPSA) is 154 Å². The normalized spacial score (nSPS) is 10.6. The molecule has 1 heterocycles. The van der Waals surface area contributed by atoms with Gasteiger partial charge in [0.25, 0.3) is 0 Å². The molecule has 0 radical (unpaired) electrons. The van der Waals surface area contributed by atoms with E-state index < -0.39 is 27.8 Å². The third kappa shape index (κ3) is 4.60. The molecule has 0 saturated carbocycles. The molecule has 0 aliphatic rings. The zero-order valence-corrected chi connectivity index (χ0v) is 14.3. The van der Waals surface area contributed by atoms with Crippen molar-refractivity contribution in [1.29, 1.82) is 0 Å². The highest BCUT2D eigenvalue weighted by molar-refractivity contribution is 5.76. The third-order valence-corrected chi connectivity index (χ3v) is 3.35. The zero-order valence-electron chi connectivity index (χ0n) is 14.3. The number of ether oxygens (including phenoxy) is 3. The number of esters is 1. The first kappa shape index (κ1) is 19.4. The molecule has 2 rings (SSSR count). The van der Waals surface area contributed by atoms with Gasteiger partial charge < -0.3 is 19.2 Å². The molecule has 2 N–H and O–H groups in total. The summed E-state index contributed by atoms with van der Waals surface area (Å²) in [5.41, 5.74) is -2.75. The summed E-state index contributed by atoms with van der Waals surface area (Å²) in [5, 5.41) is 11.1. The van der Waals surface area contributed by atoms with Crippen molar-refractivity contribution < 1.29 is 23.9 Å². The predicted octanol–water partition coefficient (Wildman–Crippen LogP) is 0.702. The molecule has 0 fully saturated rings. The molecule has 11 nitrogen and oxygen atoms in total. The lowest BCUT2D eigenvalue weighted by atomic mass is 10.1. The number of hydrogen-bond donors (Lipinski definition) is 2. The van der Waals surface area contributed by atoms with Crippen molar-refractivity contribution in [3.8, 4) is 11.5 Å². The van der Waals surface area contributed by atoms with E-state index in [-0.39, 0.29) is 18.1 Å². The van der Waals surface area contributed by atoms with Crippen LogP contribution in [0.4, 0.5) is 5.69 Å². The predicted molar refractivity (Wildman–Crippen MR) is 93.8 cm³/mol. The fourth-order valence-corrected chi connectivity index (χ4v) is 2.14. The lowest BCUT2D eigenvalue weighted by Crippen LogP contribution is -2.25. The molecule has 0 atom stereocenters. The second-order valence-corrected chi connectivity index (χ2v) is 5.00. The first-order valence-electron chi connectivity index (χ1n) is 7.43. The lowest BCUT2D eigenvalue weighted by Gasteiger charge is -2.12. The molecule has 27 heavy (non-hydrogen) atoms. The van der Waals surface area contributed by atoms with Gasteiger partial charge in [0.2, 0.25) is 0 Å². The summed E-state index contributed by atoms with van der Waals surface area (Å²) in [5.74, 6) is -0.142. The second kappa shape index (κ2) is 8.47. The molecule has 0 aliphatic heterocycles. The van der Waals surface area contributed by atoms with Gasteiger partial charge in [-0.3, -0.25) is 19.9 Å². The molecule has 0 amide bonds. The van der Waals surface area contributed by atoms with Crippen LogP contribution in [0.25, 0.3) is 12.2 Å². The Morgan fingerprint density at radius 1 is 1.22 bits per heavy atom. The monoisotopic (exact) mass is 377 g/mol. The average molecular weight is 377 g/mol. The highest BCUT2D eigenvalue weighted by Gasteiger charge is 2.19. The van der Waals surface area contributed by atoms with Crippen molar-refractivity contribution in [2.24, 2.45) is 0 Å². The van der Waals surface area contributed by atoms with Crippen LogP contribution in [0.5, 0.6) is 11.5 Å². The summed E-state index contributed by atoms with van der Waals surface area (Å²) in [6.07, 6.45) is 2.54. The fraction of sp³-hybridized carbons (Fsp3) is 0.188. The van der Waals surface area contributed by atoms with Crippen molar-refractivity contribution in [3.05, 3.63) is 60.4 Å². The number of carbonyl (C=O) groups is 1. The molecule has 0 saturated heterocycles. The van der Waals surface area contributed by atoms with Gasteiger partial charge in [-0.25, -0.2) is 9.59 Å². The van der Waals surface area contributed by atoms with E-state index in [1.165, 1.54) is 26.4 Å². The lowest BCUT2D eigenvalue weighted by molar-refractivity contribution is -0.386. The van der Waals surface area contributed by atoms with Crippen LogP contribution in [0, 0.1) is 10.1 Å². The van der Waals surface area contributed by atoms with Gasteiger partial charge in [-0.05, 0) is 18.2 Å². The van der Waals surface area contributed by atoms with Crippen LogP contribution in [-0.2, 0) is 9.53 Å². The highest BCUT2D eigenvalue weighted by Crippen LogP contribution is 2.32. The summed E-state index contributed by atoms with van der Waals surface area (Å²) in [6.45, 7) is -0.389. The molecule has 1 aromatic heterocycles. The van der Waals surface area contributed by atoms with Crippen LogP contribution in [-0.4, -0.2) is 41.7 Å². The number of aromatic nitrogens is 2. The number of nitrogens with one attached hydrogen (secondary N) is 2. The van der Waals surface area contributed by atoms with Crippen LogP contribution in [0.3, 0.4) is 0 Å². The van der Waals surface area contributed by atoms with Crippen LogP contribution in [0.15, 0.2) is 27.8 Å². The number of H-pyrrole nitrogens is 2. The van der Waals surface area contributed by atoms with E-state index in [4.69, 9.17) is 9.47 Å². The van der Waals surface area contributed by atoms with Gasteiger partial charge >= 0.3 is 22.9 Å². The first-order chi connectivity index (χ1) is 12.9. The van der Waals surface area contributed by atoms with Crippen molar-refractivity contribution in [2.45, 2.75) is 0 Å². The Morgan fingerprint density at radius 3 is 2.59 bits per heavy atom. The van der Waals surface area contributed by atoms with Crippen molar-refractivity contribution in [2.75, 3.05) is 20.8 Å². The molecule has 0 aliphatic carbocycles. The Balaban J connectivity index is 2.49. The smallest absolute Gasteiger partial charge is 0.357 e. The number of nitrogens with zero attached hydrogens (tertiary/aromatic N) is 1. The molecule has 11 heteroatoms. The van der Waals surface area contributed by atoms with Crippen molar-refractivity contribution in [1.82, 2.24) is 9.97 Å². The SMILES string of the molecule is COC(=O)COc1c(/C=C/c2[nH]c(=O)[nH]c(=O)c2[N+](=O)[O-])cccc1OC. The summed E-state index contributed by atoms with van der Waals surface area (Å²) < 4.78 is 15.1. The van der Waals surface area contributed by atoms with E-state index in [1.807, 2.05) is 0 Å². The van der Waals surface area contributed by atoms with Crippen LogP contribution >= 0.6 is 0 Å². The Kier molecular flexibility index (Phi) is 6.10. The Labute approximate surface area is 151 Å². The van der Waals surface area contributed by atoms with E-state index in [2.05, 4.69) is 9.72 Å². The molecule has 0 unspecified atom stereocenters. The zero-order chi connectivity index (χ0) is 20.0. The molecular formula is C16H15N3O8. The van der Waals surface area contributed by atoms with Gasteiger partial charge in [0.05, 0.1) is 19.1 Å². The minimum absolute atomic E-state index is 0.177. The number of benzene rings is 1. The number of aromatic amines is 2. The maximum atomic E-state index is 11.6. The van der Waals surface area contributed by atoms with E-state index in [0.717, 1.165) is 0 Å². The molecule has 2 aromatic rings. The Morgan fingerprint density at radius 2 is 1.96 bits per heavy atom. The first-order valence-corrected chi connectivity index (χ1v) is 7.43. The van der Waals surface area contributed by atoms with Crippen LogP contribution in [0.2, 0.25) is 0 Å². The van der Waals surface area contributed by atoms with E-state index in [1.54, 1.807) is 23.2 Å². The number of methoxy groups -OCH3 is 2. The Hall–Kier alpha value is -3.89. The Bertz CT molecular complexity index is 1010. The molecule has 0 spiro atoms. The highest BCUT2D eigenvalue weighted by atomic mass is 16.6. The largest absolute Gasteiger partial charge is 0.493 e. The minimum Gasteiger partial charge on any atom is -0.493 e. The van der Waals surface area contributed by atoms with Crippen molar-refractivity contribution in [3.63, 3.8) is 0 Å². The van der Waals surface area contributed by atoms with E-state index in [9.17, 15) is 24.5 Å². The van der Waals surface area contributed by atoms with Crippen LogP contribution in [0.1, 0.15) is 11.3 Å². The van der Waals surface area contributed by atoms with Gasteiger partial charge in [-0.15, -0.1) is 0 Å². The number of hydrogen-bond acceptors (Lipinski definition) is 8. The van der Waals surface area contributed by atoms with Gasteiger partial charge in [0.15, 0.2) is 18.1 Å². The molecule has 0 bridgehead atoms. The number of carbonyl (C=O) groups excluding carboxylic acids is 1. The van der Waals surface area contributed by atoms with E-state index in [0.29, 0.717) is 11.3 Å². The molecular weight excluding hydrogens is 362 g/mol. The second-order valence-electron chi connectivity index (χ2n) is 5.00. The van der Waals surface area contributed by atoms with Crippen molar-refractivity contribution >= 4 is 23.8 Å². The summed E-state index contributed by atoms with van der Waals surface area (Å²) in [6, 6.07) is 4.79. The average Bonchev–Trinajstić information content (AvgIpc) is 2.63. The number of rotatable bonds is 7. The summed E-state index contributed by atoms with van der Waals surface area (Å²) >= 11 is 0. The molecule has 142 valence electrons. The maximum Gasteiger partial charge on any atom is 0.357 e. The standard InChI is InChI=1S/C16H15N3O8/c1-25-11-5-3-4-9(14(11)27-8-12(20)26-2)6-7-10-13(19(23)24)15(21)18-16(22)17-10/h3-7H,8H2,1-2H3,(H2,17,18,21,22)/b7-6+. The van der Waals surface area contributed by atoms with E-state index >= 15 is 0 Å². The van der Waals surface area contributed by atoms with Gasteiger partial charge in [0, 0.05) is 5.56 Å². The number of nitro groups is 1. The molecule has 1 aromatic carbocycles. The quantitative estimate of drug-likeness (QED) is 0.406. The minimum atomic E-state index is -1.13. The fourth-order valence-electron chi connectivity index (χ4n) is 2.14. The van der Waals surface area contributed by atoms with Crippen LogP contribution < -0.4 is 20.7 Å². The number of para-hydroxylation sites is 1. The van der Waals surface area contributed by atoms with Gasteiger partial charge in [-0.2, -0.15) is 0 Å².